The Hall–Kier alpha value is -0.380. The van der Waals surface area contributed by atoms with Gasteiger partial charge in [-0.1, -0.05) is 20.8 Å². The first kappa shape index (κ1) is 15.7. The molecule has 0 fully saturated rings. The molecule has 0 saturated heterocycles. The molecule has 1 aromatic rings. The first-order valence-corrected chi connectivity index (χ1v) is 7.94. The lowest BCUT2D eigenvalue weighted by atomic mass is 9.86. The summed E-state index contributed by atoms with van der Waals surface area (Å²) in [6.07, 6.45) is 2.43. The smallest absolute Gasteiger partial charge is 0.0239 e. The van der Waals surface area contributed by atoms with E-state index in [1.165, 1.54) is 18.4 Å². The van der Waals surface area contributed by atoms with Crippen LogP contribution in [0.2, 0.25) is 0 Å². The normalized spacial score (nSPS) is 14.9. The minimum absolute atomic E-state index is 0.375. The topological polar surface area (TPSA) is 15.3 Å². The summed E-state index contributed by atoms with van der Waals surface area (Å²) in [4.78, 5) is 2.44. The Kier molecular flexibility index (Phi) is 6.90. The Labute approximate surface area is 116 Å². The molecule has 3 heteroatoms. The average Bonchev–Trinajstić information content (AvgIpc) is 2.82. The minimum Gasteiger partial charge on any atom is -0.316 e. The quantitative estimate of drug-likeness (QED) is 0.689. The van der Waals surface area contributed by atoms with Gasteiger partial charge in [-0.05, 0) is 54.2 Å². The molecule has 0 radical (unpaired) electrons. The molecule has 0 aromatic carbocycles. The van der Waals surface area contributed by atoms with Crippen LogP contribution in [0.1, 0.15) is 39.2 Å². The van der Waals surface area contributed by atoms with Crippen LogP contribution in [0.15, 0.2) is 16.8 Å². The molecule has 0 aliphatic heterocycles. The largest absolute Gasteiger partial charge is 0.316 e. The van der Waals surface area contributed by atoms with Gasteiger partial charge in [0.2, 0.25) is 0 Å². The number of thiophene rings is 1. The maximum absolute atomic E-state index is 3.57. The van der Waals surface area contributed by atoms with Crippen molar-refractivity contribution in [1.82, 2.24) is 10.2 Å². The lowest BCUT2D eigenvalue weighted by molar-refractivity contribution is 0.175. The van der Waals surface area contributed by atoms with E-state index in [-0.39, 0.29) is 0 Å². The van der Waals surface area contributed by atoms with E-state index >= 15 is 0 Å². The van der Waals surface area contributed by atoms with Crippen molar-refractivity contribution in [2.75, 3.05) is 26.7 Å². The van der Waals surface area contributed by atoms with Gasteiger partial charge in [-0.25, -0.2) is 0 Å². The molecule has 0 spiro atoms. The molecule has 1 heterocycles. The molecule has 1 unspecified atom stereocenters. The van der Waals surface area contributed by atoms with Gasteiger partial charge in [-0.2, -0.15) is 11.3 Å². The van der Waals surface area contributed by atoms with Crippen LogP contribution in [0, 0.1) is 5.41 Å². The van der Waals surface area contributed by atoms with Gasteiger partial charge in [0.1, 0.15) is 0 Å². The molecule has 0 amide bonds. The SMILES string of the molecule is CCCNCC(C)(CC)CN(C)Cc1ccsc1. The van der Waals surface area contributed by atoms with Crippen molar-refractivity contribution in [3.63, 3.8) is 0 Å². The van der Waals surface area contributed by atoms with Gasteiger partial charge in [-0.15, -0.1) is 0 Å². The Morgan fingerprint density at radius 3 is 2.72 bits per heavy atom. The van der Waals surface area contributed by atoms with E-state index in [0.29, 0.717) is 5.41 Å². The molecule has 1 N–H and O–H groups in total. The number of hydrogen-bond donors (Lipinski definition) is 1. The van der Waals surface area contributed by atoms with E-state index in [0.717, 1.165) is 26.2 Å². The standard InChI is InChI=1S/C15H28N2S/c1-5-8-16-12-15(3,6-2)13-17(4)10-14-7-9-18-11-14/h7,9,11,16H,5-6,8,10,12-13H2,1-4H3. The van der Waals surface area contributed by atoms with Crippen LogP contribution < -0.4 is 5.32 Å². The van der Waals surface area contributed by atoms with Crippen molar-refractivity contribution < 1.29 is 0 Å². The number of nitrogens with zero attached hydrogens (tertiary/aromatic N) is 1. The van der Waals surface area contributed by atoms with Gasteiger partial charge in [0.15, 0.2) is 0 Å². The summed E-state index contributed by atoms with van der Waals surface area (Å²) in [5.41, 5.74) is 1.81. The van der Waals surface area contributed by atoms with Crippen LogP contribution in [-0.2, 0) is 6.54 Å². The minimum atomic E-state index is 0.375. The Morgan fingerprint density at radius 1 is 1.39 bits per heavy atom. The van der Waals surface area contributed by atoms with Gasteiger partial charge in [0.05, 0.1) is 0 Å². The van der Waals surface area contributed by atoms with E-state index in [9.17, 15) is 0 Å². The van der Waals surface area contributed by atoms with Crippen LogP contribution in [0.25, 0.3) is 0 Å². The predicted molar refractivity (Wildman–Crippen MR) is 82.2 cm³/mol. The maximum atomic E-state index is 3.57. The van der Waals surface area contributed by atoms with E-state index in [2.05, 4.69) is 54.9 Å². The van der Waals surface area contributed by atoms with Crippen molar-refractivity contribution in [3.05, 3.63) is 22.4 Å². The fourth-order valence-electron chi connectivity index (χ4n) is 2.26. The summed E-state index contributed by atoms with van der Waals surface area (Å²) in [7, 11) is 2.23. The summed E-state index contributed by atoms with van der Waals surface area (Å²) in [6.45, 7) is 11.4. The van der Waals surface area contributed by atoms with E-state index in [4.69, 9.17) is 0 Å². The number of nitrogens with one attached hydrogen (secondary N) is 1. The van der Waals surface area contributed by atoms with Crippen molar-refractivity contribution in [2.24, 2.45) is 5.41 Å². The second-order valence-corrected chi connectivity index (χ2v) is 6.42. The second-order valence-electron chi connectivity index (χ2n) is 5.64. The zero-order valence-electron chi connectivity index (χ0n) is 12.3. The summed E-state index contributed by atoms with van der Waals surface area (Å²) in [5, 5.41) is 7.97. The third-order valence-electron chi connectivity index (χ3n) is 3.52. The van der Waals surface area contributed by atoms with Gasteiger partial charge >= 0.3 is 0 Å². The van der Waals surface area contributed by atoms with Crippen molar-refractivity contribution in [1.29, 1.82) is 0 Å². The van der Waals surface area contributed by atoms with E-state index in [1.54, 1.807) is 11.3 Å². The summed E-state index contributed by atoms with van der Waals surface area (Å²) in [5.74, 6) is 0. The van der Waals surface area contributed by atoms with E-state index < -0.39 is 0 Å². The molecule has 18 heavy (non-hydrogen) atoms. The molecule has 0 saturated carbocycles. The average molecular weight is 268 g/mol. The highest BCUT2D eigenvalue weighted by Crippen LogP contribution is 2.22. The number of rotatable bonds is 9. The monoisotopic (exact) mass is 268 g/mol. The van der Waals surface area contributed by atoms with Gasteiger partial charge in [0, 0.05) is 19.6 Å². The zero-order chi connectivity index (χ0) is 13.4. The molecule has 1 rings (SSSR count). The summed E-state index contributed by atoms with van der Waals surface area (Å²) in [6, 6.07) is 2.22. The highest BCUT2D eigenvalue weighted by molar-refractivity contribution is 7.07. The number of hydrogen-bond acceptors (Lipinski definition) is 3. The van der Waals surface area contributed by atoms with E-state index in [1.807, 2.05) is 0 Å². The van der Waals surface area contributed by atoms with Crippen LogP contribution >= 0.6 is 11.3 Å². The Morgan fingerprint density at radius 2 is 2.17 bits per heavy atom. The molecular formula is C15H28N2S. The summed E-state index contributed by atoms with van der Waals surface area (Å²) < 4.78 is 0. The third-order valence-corrected chi connectivity index (χ3v) is 4.25. The fraction of sp³-hybridized carbons (Fsp3) is 0.733. The second kappa shape index (κ2) is 7.93. The first-order valence-electron chi connectivity index (χ1n) is 7.00. The van der Waals surface area contributed by atoms with Crippen molar-refractivity contribution >= 4 is 11.3 Å². The Balaban J connectivity index is 2.40. The highest BCUT2D eigenvalue weighted by atomic mass is 32.1. The van der Waals surface area contributed by atoms with Crippen molar-refractivity contribution in [2.45, 2.75) is 40.2 Å². The molecule has 0 aliphatic carbocycles. The van der Waals surface area contributed by atoms with Crippen LogP contribution in [0.3, 0.4) is 0 Å². The van der Waals surface area contributed by atoms with Crippen LogP contribution in [0.5, 0.6) is 0 Å². The lowest BCUT2D eigenvalue weighted by Gasteiger charge is -2.33. The third kappa shape index (κ3) is 5.51. The predicted octanol–water partition coefficient (Wildman–Crippen LogP) is 3.60. The lowest BCUT2D eigenvalue weighted by Crippen LogP contribution is -2.40. The highest BCUT2D eigenvalue weighted by Gasteiger charge is 2.23. The van der Waals surface area contributed by atoms with Crippen LogP contribution in [-0.4, -0.2) is 31.6 Å². The molecule has 2 nitrogen and oxygen atoms in total. The molecule has 0 bridgehead atoms. The maximum Gasteiger partial charge on any atom is 0.0239 e. The van der Waals surface area contributed by atoms with Gasteiger partial charge in [-0.3, -0.25) is 0 Å². The molecular weight excluding hydrogens is 240 g/mol. The van der Waals surface area contributed by atoms with Gasteiger partial charge in [0.25, 0.3) is 0 Å². The van der Waals surface area contributed by atoms with Crippen molar-refractivity contribution in [3.8, 4) is 0 Å². The zero-order valence-corrected chi connectivity index (χ0v) is 13.1. The summed E-state index contributed by atoms with van der Waals surface area (Å²) >= 11 is 1.78. The molecule has 1 aromatic heterocycles. The molecule has 0 aliphatic rings. The van der Waals surface area contributed by atoms with Gasteiger partial charge < -0.3 is 10.2 Å². The molecule has 1 atom stereocenters. The molecule has 104 valence electrons. The fourth-order valence-corrected chi connectivity index (χ4v) is 2.92. The van der Waals surface area contributed by atoms with Crippen LogP contribution in [0.4, 0.5) is 0 Å². The Bertz CT molecular complexity index is 310. The first-order chi connectivity index (χ1) is 8.59.